The molecule has 0 saturated carbocycles. The van der Waals surface area contributed by atoms with Crippen LogP contribution in [0.1, 0.15) is 32.3 Å². The minimum atomic E-state index is -1.57. The van der Waals surface area contributed by atoms with Crippen LogP contribution in [0.2, 0.25) is 0 Å². The number of carboxylic acid groups (broad SMARTS) is 2. The Balaban J connectivity index is 3.11. The predicted molar refractivity (Wildman–Crippen MR) is 127 cm³/mol. The molecule has 0 aliphatic rings. The summed E-state index contributed by atoms with van der Waals surface area (Å²) >= 11 is 3.97. The highest BCUT2D eigenvalue weighted by molar-refractivity contribution is 7.80. The second-order valence-corrected chi connectivity index (χ2v) is 8.27. The van der Waals surface area contributed by atoms with E-state index in [1.165, 1.54) is 0 Å². The van der Waals surface area contributed by atoms with E-state index in [-0.39, 0.29) is 12.2 Å². The molecule has 0 radical (unpaired) electrons. The van der Waals surface area contributed by atoms with E-state index < -0.39 is 66.2 Å². The van der Waals surface area contributed by atoms with E-state index in [2.05, 4.69) is 28.6 Å². The lowest BCUT2D eigenvalue weighted by Gasteiger charge is -2.26. The first-order valence-electron chi connectivity index (χ1n) is 10.8. The summed E-state index contributed by atoms with van der Waals surface area (Å²) in [4.78, 5) is 60.9. The number of thiol groups is 1. The lowest BCUT2D eigenvalue weighted by molar-refractivity contribution is -0.144. The molecule has 3 amide bonds. The molecular formula is C22H32N4O7S. The van der Waals surface area contributed by atoms with Gasteiger partial charge in [0.25, 0.3) is 0 Å². The van der Waals surface area contributed by atoms with Crippen molar-refractivity contribution >= 4 is 42.3 Å². The van der Waals surface area contributed by atoms with Gasteiger partial charge in [0.05, 0.1) is 12.5 Å². The van der Waals surface area contributed by atoms with E-state index in [1.54, 1.807) is 44.2 Å². The van der Waals surface area contributed by atoms with Crippen LogP contribution in [0.4, 0.5) is 0 Å². The van der Waals surface area contributed by atoms with Crippen molar-refractivity contribution in [3.05, 3.63) is 35.9 Å². The first kappa shape index (κ1) is 28.9. The van der Waals surface area contributed by atoms with Gasteiger partial charge in [-0.1, -0.05) is 50.6 Å². The van der Waals surface area contributed by atoms with Gasteiger partial charge in [0, 0.05) is 12.2 Å². The number of amides is 3. The van der Waals surface area contributed by atoms with Crippen molar-refractivity contribution in [1.29, 1.82) is 0 Å². The third-order valence-electron chi connectivity index (χ3n) is 5.24. The van der Waals surface area contributed by atoms with Crippen LogP contribution in [0.3, 0.4) is 0 Å². The normalized spacial score (nSPS) is 15.2. The fraction of sp³-hybridized carbons (Fsp3) is 0.500. The monoisotopic (exact) mass is 496 g/mol. The van der Waals surface area contributed by atoms with E-state index in [0.717, 1.165) is 0 Å². The molecule has 1 rings (SSSR count). The van der Waals surface area contributed by atoms with Crippen molar-refractivity contribution in [3.8, 4) is 0 Å². The predicted octanol–water partition coefficient (Wildman–Crippen LogP) is -0.454. The molecule has 0 bridgehead atoms. The molecule has 0 aliphatic carbocycles. The van der Waals surface area contributed by atoms with Gasteiger partial charge in [0.2, 0.25) is 17.7 Å². The van der Waals surface area contributed by atoms with Crippen LogP contribution in [-0.2, 0) is 30.4 Å². The summed E-state index contributed by atoms with van der Waals surface area (Å²) in [7, 11) is 0. The minimum Gasteiger partial charge on any atom is -0.481 e. The Morgan fingerprint density at radius 3 is 2.00 bits per heavy atom. The number of hydrogen-bond donors (Lipinski definition) is 7. The highest BCUT2D eigenvalue weighted by Crippen LogP contribution is 2.10. The zero-order chi connectivity index (χ0) is 25.8. The number of carbonyl (C=O) groups is 5. The van der Waals surface area contributed by atoms with Crippen LogP contribution < -0.4 is 21.7 Å². The van der Waals surface area contributed by atoms with Crippen molar-refractivity contribution in [2.75, 3.05) is 5.75 Å². The Bertz CT molecular complexity index is 868. The molecule has 188 valence electrons. The van der Waals surface area contributed by atoms with Gasteiger partial charge < -0.3 is 31.9 Å². The molecule has 0 fully saturated rings. The molecule has 11 nitrogen and oxygen atoms in total. The van der Waals surface area contributed by atoms with Gasteiger partial charge in [-0.3, -0.25) is 19.2 Å². The molecule has 7 N–H and O–H groups in total. The Morgan fingerprint density at radius 2 is 1.50 bits per heavy atom. The van der Waals surface area contributed by atoms with E-state index in [1.807, 2.05) is 0 Å². The zero-order valence-electron chi connectivity index (χ0n) is 19.1. The van der Waals surface area contributed by atoms with E-state index in [4.69, 9.17) is 5.73 Å². The fourth-order valence-corrected chi connectivity index (χ4v) is 3.18. The molecule has 12 heteroatoms. The maximum absolute atomic E-state index is 13.0. The van der Waals surface area contributed by atoms with Gasteiger partial charge >= 0.3 is 11.9 Å². The topological polar surface area (TPSA) is 188 Å². The number of carboxylic acids is 2. The molecular weight excluding hydrogens is 464 g/mol. The molecule has 1 aromatic rings. The Labute approximate surface area is 203 Å². The number of nitrogens with one attached hydrogen (secondary N) is 3. The number of aliphatic carboxylic acids is 2. The standard InChI is InChI=1S/C22H32N4O7S/c1-3-12(2)18(22(32)33)26-21(31)16(10-17(27)28)25-20(30)15(24-19(29)14(23)11-34)9-13-7-5-4-6-8-13/h4-8,12,14-16,18,34H,3,9-11,23H2,1-2H3,(H,24,29)(H,25,30)(H,26,31)(H,27,28)(H,32,33). The van der Waals surface area contributed by atoms with Crippen molar-refractivity contribution in [1.82, 2.24) is 16.0 Å². The van der Waals surface area contributed by atoms with Crippen LogP contribution in [0.5, 0.6) is 0 Å². The summed E-state index contributed by atoms with van der Waals surface area (Å²) in [6.07, 6.45) is -0.292. The Morgan fingerprint density at radius 1 is 0.941 bits per heavy atom. The number of rotatable bonds is 14. The Kier molecular flexibility index (Phi) is 12.1. The second kappa shape index (κ2) is 14.2. The van der Waals surface area contributed by atoms with Crippen molar-refractivity contribution in [2.24, 2.45) is 11.7 Å². The zero-order valence-corrected chi connectivity index (χ0v) is 20.0. The summed E-state index contributed by atoms with van der Waals surface area (Å²) in [6, 6.07) is 3.74. The third-order valence-corrected chi connectivity index (χ3v) is 5.63. The first-order chi connectivity index (χ1) is 16.0. The van der Waals surface area contributed by atoms with Crippen LogP contribution in [0.25, 0.3) is 0 Å². The van der Waals surface area contributed by atoms with E-state index >= 15 is 0 Å². The molecule has 0 saturated heterocycles. The largest absolute Gasteiger partial charge is 0.481 e. The number of nitrogens with two attached hydrogens (primary N) is 1. The van der Waals surface area contributed by atoms with E-state index in [9.17, 15) is 34.2 Å². The molecule has 1 aromatic carbocycles. The van der Waals surface area contributed by atoms with E-state index in [0.29, 0.717) is 12.0 Å². The lowest BCUT2D eigenvalue weighted by atomic mass is 9.98. The van der Waals surface area contributed by atoms with Crippen molar-refractivity contribution < 1.29 is 34.2 Å². The SMILES string of the molecule is CCC(C)C(NC(=O)C(CC(=O)O)NC(=O)C(Cc1ccccc1)NC(=O)C(N)CS)C(=O)O. The highest BCUT2D eigenvalue weighted by atomic mass is 32.1. The number of hydrogen-bond acceptors (Lipinski definition) is 7. The molecule has 34 heavy (non-hydrogen) atoms. The fourth-order valence-electron chi connectivity index (χ4n) is 3.01. The lowest BCUT2D eigenvalue weighted by Crippen LogP contribution is -2.58. The molecule has 0 spiro atoms. The quantitative estimate of drug-likeness (QED) is 0.169. The average molecular weight is 497 g/mol. The van der Waals surface area contributed by atoms with Crippen LogP contribution in [0.15, 0.2) is 30.3 Å². The van der Waals surface area contributed by atoms with Gasteiger partial charge in [-0.05, 0) is 11.5 Å². The maximum atomic E-state index is 13.0. The summed E-state index contributed by atoms with van der Waals surface area (Å²) < 4.78 is 0. The summed E-state index contributed by atoms with van der Waals surface area (Å²) in [5, 5.41) is 25.8. The van der Waals surface area contributed by atoms with Crippen LogP contribution in [-0.4, -0.2) is 69.8 Å². The summed E-state index contributed by atoms with van der Waals surface area (Å²) in [5.74, 6) is -5.49. The number of carbonyl (C=O) groups excluding carboxylic acids is 3. The molecule has 0 heterocycles. The summed E-state index contributed by atoms with van der Waals surface area (Å²) in [5.41, 5.74) is 6.38. The second-order valence-electron chi connectivity index (χ2n) is 7.91. The molecule has 5 unspecified atom stereocenters. The Hall–Kier alpha value is -3.12. The van der Waals surface area contributed by atoms with Crippen molar-refractivity contribution in [3.63, 3.8) is 0 Å². The van der Waals surface area contributed by atoms with Gasteiger partial charge in [0.15, 0.2) is 0 Å². The van der Waals surface area contributed by atoms with Crippen LogP contribution in [0, 0.1) is 5.92 Å². The van der Waals surface area contributed by atoms with Gasteiger partial charge in [-0.25, -0.2) is 4.79 Å². The van der Waals surface area contributed by atoms with Crippen molar-refractivity contribution in [2.45, 2.75) is 57.3 Å². The molecule has 0 aliphatic heterocycles. The third kappa shape index (κ3) is 9.40. The summed E-state index contributed by atoms with van der Waals surface area (Å²) in [6.45, 7) is 3.37. The maximum Gasteiger partial charge on any atom is 0.326 e. The van der Waals surface area contributed by atoms with Gasteiger partial charge in [0.1, 0.15) is 18.1 Å². The smallest absolute Gasteiger partial charge is 0.326 e. The van der Waals surface area contributed by atoms with Gasteiger partial charge in [-0.2, -0.15) is 12.6 Å². The molecule has 5 atom stereocenters. The minimum absolute atomic E-state index is 0.0295. The van der Waals surface area contributed by atoms with Crippen LogP contribution >= 0.6 is 12.6 Å². The molecule has 0 aromatic heterocycles. The first-order valence-corrected chi connectivity index (χ1v) is 11.4. The number of benzene rings is 1. The highest BCUT2D eigenvalue weighted by Gasteiger charge is 2.33. The average Bonchev–Trinajstić information content (AvgIpc) is 2.80. The van der Waals surface area contributed by atoms with Gasteiger partial charge in [-0.15, -0.1) is 0 Å².